The Hall–Kier alpha value is -3.42. The number of phenols is 1. The first-order chi connectivity index (χ1) is 15.5. The molecular weight excluding hydrogens is 410 g/mol. The van der Waals surface area contributed by atoms with E-state index in [1.807, 2.05) is 37.3 Å². The molecule has 0 bridgehead atoms. The number of methoxy groups -OCH3 is 1. The number of amides is 1. The monoisotopic (exact) mass is 437 g/mol. The molecule has 8 heteroatoms. The van der Waals surface area contributed by atoms with Crippen LogP contribution in [0.5, 0.6) is 17.2 Å². The first kappa shape index (κ1) is 20.5. The van der Waals surface area contributed by atoms with Gasteiger partial charge in [0.25, 0.3) is 0 Å². The number of aromatic hydroxyl groups is 1. The lowest BCUT2D eigenvalue weighted by Gasteiger charge is -2.50. The van der Waals surface area contributed by atoms with Crippen molar-refractivity contribution in [2.75, 3.05) is 26.8 Å². The van der Waals surface area contributed by atoms with Crippen molar-refractivity contribution < 1.29 is 24.1 Å². The molecule has 3 aliphatic heterocycles. The first-order valence-electron chi connectivity index (χ1n) is 11.0. The van der Waals surface area contributed by atoms with Crippen LogP contribution in [-0.2, 0) is 4.74 Å². The Morgan fingerprint density at radius 2 is 2.03 bits per heavy atom. The highest BCUT2D eigenvalue weighted by Gasteiger charge is 2.52. The number of nitrogens with zero attached hydrogens (tertiary/aromatic N) is 3. The molecule has 3 aliphatic rings. The zero-order valence-corrected chi connectivity index (χ0v) is 18.3. The maximum absolute atomic E-state index is 12.2. The molecule has 1 unspecified atom stereocenters. The fourth-order valence-corrected chi connectivity index (χ4v) is 4.84. The van der Waals surface area contributed by atoms with Crippen molar-refractivity contribution in [2.45, 2.75) is 38.0 Å². The van der Waals surface area contributed by atoms with Gasteiger partial charge in [0.05, 0.1) is 25.5 Å². The van der Waals surface area contributed by atoms with Gasteiger partial charge < -0.3 is 24.2 Å². The van der Waals surface area contributed by atoms with Crippen molar-refractivity contribution in [3.05, 3.63) is 53.6 Å². The highest BCUT2D eigenvalue weighted by atomic mass is 16.6. The van der Waals surface area contributed by atoms with Crippen LogP contribution in [0.3, 0.4) is 0 Å². The number of likely N-dealkylation sites (tertiary alicyclic amines) is 1. The topological polar surface area (TPSA) is 83.8 Å². The average molecular weight is 437 g/mol. The maximum atomic E-state index is 12.2. The lowest BCUT2D eigenvalue weighted by atomic mass is 9.91. The van der Waals surface area contributed by atoms with Crippen molar-refractivity contribution in [1.29, 1.82) is 0 Å². The highest BCUT2D eigenvalue weighted by molar-refractivity contribution is 6.02. The number of piperidine rings is 1. The number of ether oxygens (including phenoxy) is 3. The molecule has 2 aromatic rings. The Bertz CT molecular complexity index is 1060. The third-order valence-corrected chi connectivity index (χ3v) is 6.49. The van der Waals surface area contributed by atoms with E-state index in [1.54, 1.807) is 11.0 Å². The van der Waals surface area contributed by atoms with Crippen LogP contribution in [0.15, 0.2) is 47.6 Å². The molecule has 1 spiro atoms. The molecule has 8 nitrogen and oxygen atoms in total. The fraction of sp³-hybridized carbons (Fsp3) is 0.417. The molecule has 1 amide bonds. The lowest BCUT2D eigenvalue weighted by Crippen LogP contribution is -2.59. The number of hydrogen-bond acceptors (Lipinski definition) is 7. The van der Waals surface area contributed by atoms with E-state index in [0.29, 0.717) is 38.3 Å². The first-order valence-corrected chi connectivity index (χ1v) is 11.0. The Labute approximate surface area is 187 Å². The summed E-state index contributed by atoms with van der Waals surface area (Å²) in [4.78, 5) is 13.9. The van der Waals surface area contributed by atoms with E-state index >= 15 is 0 Å². The van der Waals surface area contributed by atoms with E-state index in [4.69, 9.17) is 19.3 Å². The van der Waals surface area contributed by atoms with E-state index < -0.39 is 5.72 Å². The molecule has 32 heavy (non-hydrogen) atoms. The molecule has 2 aromatic carbocycles. The van der Waals surface area contributed by atoms with Crippen LogP contribution < -0.4 is 9.47 Å². The quantitative estimate of drug-likeness (QED) is 0.784. The van der Waals surface area contributed by atoms with Gasteiger partial charge in [0.15, 0.2) is 11.5 Å². The molecule has 168 valence electrons. The fourth-order valence-electron chi connectivity index (χ4n) is 4.84. The molecule has 1 atom stereocenters. The normalized spacial score (nSPS) is 20.8. The highest BCUT2D eigenvalue weighted by Crippen LogP contribution is 2.50. The van der Waals surface area contributed by atoms with Crippen LogP contribution in [-0.4, -0.2) is 59.4 Å². The number of fused-ring (bicyclic) bond motifs is 4. The van der Waals surface area contributed by atoms with Crippen LogP contribution in [0.4, 0.5) is 4.79 Å². The second kappa shape index (κ2) is 7.93. The molecule has 1 saturated heterocycles. The largest absolute Gasteiger partial charge is 0.504 e. The Balaban J connectivity index is 1.49. The molecule has 1 N–H and O–H groups in total. The van der Waals surface area contributed by atoms with Crippen LogP contribution >= 0.6 is 0 Å². The van der Waals surface area contributed by atoms with Crippen molar-refractivity contribution >= 4 is 11.8 Å². The van der Waals surface area contributed by atoms with Crippen molar-refractivity contribution in [1.82, 2.24) is 9.91 Å². The van der Waals surface area contributed by atoms with Gasteiger partial charge in [-0.1, -0.05) is 18.2 Å². The van der Waals surface area contributed by atoms with Gasteiger partial charge in [0, 0.05) is 43.5 Å². The van der Waals surface area contributed by atoms with Gasteiger partial charge in [-0.3, -0.25) is 0 Å². The number of carbonyl (C=O) groups is 1. The smallest absolute Gasteiger partial charge is 0.409 e. The number of para-hydroxylation sites is 1. The van der Waals surface area contributed by atoms with E-state index in [-0.39, 0.29) is 17.9 Å². The number of carbonyl (C=O) groups excluding carboxylic acids is 1. The van der Waals surface area contributed by atoms with Gasteiger partial charge in [0.1, 0.15) is 5.75 Å². The summed E-state index contributed by atoms with van der Waals surface area (Å²) >= 11 is 0. The predicted octanol–water partition coefficient (Wildman–Crippen LogP) is 3.89. The minimum absolute atomic E-state index is 0.0453. The number of rotatable bonds is 3. The second-order valence-corrected chi connectivity index (χ2v) is 8.27. The summed E-state index contributed by atoms with van der Waals surface area (Å²) in [5.41, 5.74) is 2.31. The van der Waals surface area contributed by atoms with Gasteiger partial charge in [-0.05, 0) is 31.2 Å². The van der Waals surface area contributed by atoms with Gasteiger partial charge in [-0.25, -0.2) is 9.80 Å². The van der Waals surface area contributed by atoms with Crippen molar-refractivity contribution in [2.24, 2.45) is 5.10 Å². The molecule has 3 heterocycles. The minimum Gasteiger partial charge on any atom is -0.504 e. The maximum Gasteiger partial charge on any atom is 0.409 e. The van der Waals surface area contributed by atoms with E-state index in [0.717, 1.165) is 29.0 Å². The van der Waals surface area contributed by atoms with Crippen LogP contribution in [0, 0.1) is 0 Å². The minimum atomic E-state index is -0.620. The molecule has 0 aromatic heterocycles. The van der Waals surface area contributed by atoms with Crippen LogP contribution in [0.1, 0.15) is 43.4 Å². The molecule has 5 rings (SSSR count). The van der Waals surface area contributed by atoms with E-state index in [1.165, 1.54) is 7.11 Å². The Morgan fingerprint density at radius 1 is 1.25 bits per heavy atom. The van der Waals surface area contributed by atoms with Crippen LogP contribution in [0.2, 0.25) is 0 Å². The summed E-state index contributed by atoms with van der Waals surface area (Å²) < 4.78 is 17.1. The van der Waals surface area contributed by atoms with Gasteiger partial charge in [-0.2, -0.15) is 5.10 Å². The third kappa shape index (κ3) is 3.30. The zero-order valence-electron chi connectivity index (χ0n) is 18.3. The third-order valence-electron chi connectivity index (χ3n) is 6.49. The van der Waals surface area contributed by atoms with Gasteiger partial charge >= 0.3 is 6.09 Å². The summed E-state index contributed by atoms with van der Waals surface area (Å²) in [6.07, 6.45) is 1.70. The van der Waals surface area contributed by atoms with Crippen LogP contribution in [0.25, 0.3) is 0 Å². The van der Waals surface area contributed by atoms with E-state index in [2.05, 4.69) is 11.1 Å². The van der Waals surface area contributed by atoms with Crippen molar-refractivity contribution in [3.8, 4) is 17.2 Å². The SMILES string of the molecule is CCOC(=O)N1CCC2(CC1)Oc1ccccc1C1CC(c3ccc(O)c(OC)c3)=NN12. The van der Waals surface area contributed by atoms with E-state index in [9.17, 15) is 9.90 Å². The summed E-state index contributed by atoms with van der Waals surface area (Å²) in [6, 6.07) is 13.4. The summed E-state index contributed by atoms with van der Waals surface area (Å²) in [7, 11) is 1.54. The molecule has 0 radical (unpaired) electrons. The number of benzene rings is 2. The lowest BCUT2D eigenvalue weighted by molar-refractivity contribution is -0.147. The number of hydrazone groups is 1. The summed E-state index contributed by atoms with van der Waals surface area (Å²) in [5.74, 6) is 1.39. The Kier molecular flexibility index (Phi) is 5.07. The predicted molar refractivity (Wildman–Crippen MR) is 118 cm³/mol. The molecule has 0 aliphatic carbocycles. The molecule has 0 saturated carbocycles. The molecular formula is C24H27N3O5. The standard InChI is InChI=1S/C24H27N3O5/c1-3-31-23(29)26-12-10-24(11-13-26)27-19(17-6-4-5-7-21(17)32-24)15-18(25-27)16-8-9-20(28)22(14-16)30-2/h4-9,14,19,28H,3,10-13,15H2,1-2H3. The Morgan fingerprint density at radius 3 is 2.78 bits per heavy atom. The number of hydrogen-bond donors (Lipinski definition) is 1. The van der Waals surface area contributed by atoms with Gasteiger partial charge in [-0.15, -0.1) is 0 Å². The summed E-state index contributed by atoms with van der Waals surface area (Å²) in [6.45, 7) is 3.26. The number of phenolic OH excluding ortho intramolecular Hbond substituents is 1. The zero-order chi connectivity index (χ0) is 22.3. The molecule has 1 fully saturated rings. The second-order valence-electron chi connectivity index (χ2n) is 8.27. The average Bonchev–Trinajstić information content (AvgIpc) is 3.27. The van der Waals surface area contributed by atoms with Crippen molar-refractivity contribution in [3.63, 3.8) is 0 Å². The van der Waals surface area contributed by atoms with Gasteiger partial charge in [0.2, 0.25) is 5.72 Å². The summed E-state index contributed by atoms with van der Waals surface area (Å²) in [5, 5.41) is 17.1.